The number of carbonyl (C=O) groups is 2. The lowest BCUT2D eigenvalue weighted by Crippen LogP contribution is -2.39. The number of likely N-dealkylation sites (tertiary alicyclic amines) is 1. The molecule has 132 valence electrons. The highest BCUT2D eigenvalue weighted by Crippen LogP contribution is 2.17. The molecule has 25 heavy (non-hydrogen) atoms. The van der Waals surface area contributed by atoms with Crippen LogP contribution < -0.4 is 0 Å². The van der Waals surface area contributed by atoms with Crippen molar-refractivity contribution >= 4 is 11.8 Å². The van der Waals surface area contributed by atoms with Crippen molar-refractivity contribution in [2.24, 2.45) is 5.92 Å². The fourth-order valence-electron chi connectivity index (χ4n) is 3.05. The molecule has 1 atom stereocenters. The van der Waals surface area contributed by atoms with Gasteiger partial charge < -0.3 is 9.80 Å². The molecule has 0 bridgehead atoms. The van der Waals surface area contributed by atoms with E-state index in [1.807, 2.05) is 42.9 Å². The Labute approximate surface area is 148 Å². The van der Waals surface area contributed by atoms with Gasteiger partial charge in [-0.05, 0) is 31.0 Å². The van der Waals surface area contributed by atoms with Crippen LogP contribution in [0.5, 0.6) is 0 Å². The fourth-order valence-corrected chi connectivity index (χ4v) is 3.05. The van der Waals surface area contributed by atoms with Crippen molar-refractivity contribution in [2.75, 3.05) is 20.1 Å². The molecule has 1 fully saturated rings. The summed E-state index contributed by atoms with van der Waals surface area (Å²) in [5, 5.41) is 4.38. The van der Waals surface area contributed by atoms with Crippen LogP contribution in [0.3, 0.4) is 0 Å². The number of aryl methyl sites for hydroxylation is 1. The van der Waals surface area contributed by atoms with E-state index in [2.05, 4.69) is 11.2 Å². The molecular formula is C19H24N4O2. The number of rotatable bonds is 5. The van der Waals surface area contributed by atoms with Crippen LogP contribution in [0.4, 0.5) is 0 Å². The van der Waals surface area contributed by atoms with E-state index < -0.39 is 0 Å². The predicted octanol–water partition coefficient (Wildman–Crippen LogP) is 2.01. The Hall–Kier alpha value is -2.63. The fraction of sp³-hybridized carbons (Fsp3) is 0.421. The number of hydrogen-bond acceptors (Lipinski definition) is 3. The van der Waals surface area contributed by atoms with Crippen LogP contribution in [-0.4, -0.2) is 51.5 Å². The predicted molar refractivity (Wildman–Crippen MR) is 95.1 cm³/mol. The molecule has 0 spiro atoms. The van der Waals surface area contributed by atoms with Crippen LogP contribution in [0.25, 0.3) is 5.69 Å². The average Bonchev–Trinajstić information content (AvgIpc) is 3.17. The molecule has 2 aromatic rings. The summed E-state index contributed by atoms with van der Waals surface area (Å²) in [7, 11) is 1.76. The van der Waals surface area contributed by atoms with Gasteiger partial charge in [0.15, 0.2) is 0 Å². The highest BCUT2D eigenvalue weighted by Gasteiger charge is 2.29. The van der Waals surface area contributed by atoms with Crippen LogP contribution in [0.1, 0.15) is 24.5 Å². The Morgan fingerprint density at radius 3 is 2.88 bits per heavy atom. The van der Waals surface area contributed by atoms with Gasteiger partial charge in [-0.15, -0.1) is 0 Å². The number of hydrogen-bond donors (Lipinski definition) is 0. The molecule has 1 aromatic heterocycles. The Kier molecular flexibility index (Phi) is 4.88. The molecule has 0 radical (unpaired) electrons. The molecule has 0 saturated carbocycles. The second-order valence-corrected chi connectivity index (χ2v) is 6.83. The number of carbonyl (C=O) groups excluding carboxylic acids is 2. The van der Waals surface area contributed by atoms with E-state index >= 15 is 0 Å². The second kappa shape index (κ2) is 7.09. The first-order valence-corrected chi connectivity index (χ1v) is 8.57. The zero-order valence-corrected chi connectivity index (χ0v) is 15.0. The highest BCUT2D eigenvalue weighted by atomic mass is 16.2. The van der Waals surface area contributed by atoms with E-state index in [1.54, 1.807) is 23.0 Å². The van der Waals surface area contributed by atoms with Gasteiger partial charge in [0.1, 0.15) is 0 Å². The molecule has 6 nitrogen and oxygen atoms in total. The highest BCUT2D eigenvalue weighted by molar-refractivity contribution is 5.86. The third-order valence-electron chi connectivity index (χ3n) is 4.64. The van der Waals surface area contributed by atoms with Gasteiger partial charge >= 0.3 is 0 Å². The third kappa shape index (κ3) is 3.90. The van der Waals surface area contributed by atoms with Gasteiger partial charge in [-0.25, -0.2) is 4.68 Å². The Morgan fingerprint density at radius 1 is 1.40 bits per heavy atom. The van der Waals surface area contributed by atoms with E-state index in [4.69, 9.17) is 0 Å². The van der Waals surface area contributed by atoms with Crippen molar-refractivity contribution in [1.29, 1.82) is 0 Å². The van der Waals surface area contributed by atoms with Crippen LogP contribution in [-0.2, 0) is 16.1 Å². The summed E-state index contributed by atoms with van der Waals surface area (Å²) in [6, 6.07) is 8.10. The van der Waals surface area contributed by atoms with Gasteiger partial charge in [-0.3, -0.25) is 9.59 Å². The molecule has 1 aliphatic rings. The zero-order chi connectivity index (χ0) is 18.0. The molecule has 6 heteroatoms. The summed E-state index contributed by atoms with van der Waals surface area (Å²) >= 11 is 0. The molecule has 3 rings (SSSR count). The van der Waals surface area contributed by atoms with Crippen molar-refractivity contribution in [3.05, 3.63) is 47.8 Å². The van der Waals surface area contributed by atoms with E-state index in [1.165, 1.54) is 5.56 Å². The Bertz CT molecular complexity index is 783. The van der Waals surface area contributed by atoms with E-state index in [9.17, 15) is 9.59 Å². The van der Waals surface area contributed by atoms with E-state index in [-0.39, 0.29) is 24.3 Å². The number of amides is 2. The van der Waals surface area contributed by atoms with Crippen LogP contribution in [0, 0.1) is 12.8 Å². The maximum absolute atomic E-state index is 12.4. The minimum absolute atomic E-state index is 0.0330. The van der Waals surface area contributed by atoms with E-state index in [0.717, 1.165) is 17.7 Å². The lowest BCUT2D eigenvalue weighted by molar-refractivity contribution is -0.139. The Balaban J connectivity index is 1.60. The lowest BCUT2D eigenvalue weighted by Gasteiger charge is -2.21. The zero-order valence-electron chi connectivity index (χ0n) is 15.0. The largest absolute Gasteiger partial charge is 0.340 e. The molecule has 0 N–H and O–H groups in total. The SMILES string of the molecule is Cc1cccc(-n2cc(CN(C)C(=O)CN3CCC(C)C3=O)cn2)c1. The van der Waals surface area contributed by atoms with Gasteiger partial charge in [-0.2, -0.15) is 5.10 Å². The van der Waals surface area contributed by atoms with Crippen LogP contribution in [0.2, 0.25) is 0 Å². The number of benzene rings is 1. The molecule has 1 saturated heterocycles. The molecular weight excluding hydrogens is 316 g/mol. The summed E-state index contributed by atoms with van der Waals surface area (Å²) in [4.78, 5) is 27.6. The Morgan fingerprint density at radius 2 is 2.20 bits per heavy atom. The second-order valence-electron chi connectivity index (χ2n) is 6.83. The molecule has 0 aliphatic carbocycles. The standard InChI is InChI=1S/C19H24N4O2/c1-14-5-4-6-17(9-14)23-12-16(10-20-23)11-21(3)18(24)13-22-8-7-15(2)19(22)25/h4-6,9-10,12,15H,7-8,11,13H2,1-3H3. The quantitative estimate of drug-likeness (QED) is 0.836. The van der Waals surface area contributed by atoms with Crippen molar-refractivity contribution in [3.8, 4) is 5.69 Å². The van der Waals surface area contributed by atoms with Gasteiger partial charge in [-0.1, -0.05) is 19.1 Å². The normalized spacial score (nSPS) is 17.2. The first kappa shape index (κ1) is 17.2. The number of likely N-dealkylation sites (N-methyl/N-ethyl adjacent to an activating group) is 1. The van der Waals surface area contributed by atoms with Crippen LogP contribution >= 0.6 is 0 Å². The van der Waals surface area contributed by atoms with Crippen molar-refractivity contribution in [1.82, 2.24) is 19.6 Å². The maximum atomic E-state index is 12.4. The molecule has 2 heterocycles. The smallest absolute Gasteiger partial charge is 0.242 e. The molecule has 2 amide bonds. The van der Waals surface area contributed by atoms with Gasteiger partial charge in [0.05, 0.1) is 18.4 Å². The summed E-state index contributed by atoms with van der Waals surface area (Å²) in [6.07, 6.45) is 4.54. The van der Waals surface area contributed by atoms with Gasteiger partial charge in [0.2, 0.25) is 11.8 Å². The summed E-state index contributed by atoms with van der Waals surface area (Å²) < 4.78 is 1.81. The first-order chi connectivity index (χ1) is 11.9. The molecule has 1 aromatic carbocycles. The maximum Gasteiger partial charge on any atom is 0.242 e. The van der Waals surface area contributed by atoms with E-state index in [0.29, 0.717) is 13.1 Å². The third-order valence-corrected chi connectivity index (χ3v) is 4.64. The van der Waals surface area contributed by atoms with Crippen molar-refractivity contribution < 1.29 is 9.59 Å². The first-order valence-electron chi connectivity index (χ1n) is 8.57. The number of nitrogens with zero attached hydrogens (tertiary/aromatic N) is 4. The summed E-state index contributed by atoms with van der Waals surface area (Å²) in [5.74, 6) is 0.0606. The molecule has 1 aliphatic heterocycles. The average molecular weight is 340 g/mol. The van der Waals surface area contributed by atoms with Gasteiger partial charge in [0.25, 0.3) is 0 Å². The summed E-state index contributed by atoms with van der Waals surface area (Å²) in [5.41, 5.74) is 3.13. The van der Waals surface area contributed by atoms with Crippen molar-refractivity contribution in [3.63, 3.8) is 0 Å². The monoisotopic (exact) mass is 340 g/mol. The molecule has 1 unspecified atom stereocenters. The lowest BCUT2D eigenvalue weighted by atomic mass is 10.1. The summed E-state index contributed by atoms with van der Waals surface area (Å²) in [6.45, 7) is 5.26. The minimum Gasteiger partial charge on any atom is -0.340 e. The van der Waals surface area contributed by atoms with Gasteiger partial charge in [0, 0.05) is 37.8 Å². The minimum atomic E-state index is -0.0502. The van der Waals surface area contributed by atoms with Crippen molar-refractivity contribution in [2.45, 2.75) is 26.8 Å². The topological polar surface area (TPSA) is 58.4 Å². The van der Waals surface area contributed by atoms with Crippen LogP contribution in [0.15, 0.2) is 36.7 Å². The number of aromatic nitrogens is 2.